The van der Waals surface area contributed by atoms with Crippen LogP contribution in [0.4, 0.5) is 0 Å². The first-order valence-corrected chi connectivity index (χ1v) is 9.06. The lowest BCUT2D eigenvalue weighted by molar-refractivity contribution is -0.124. The first-order valence-electron chi connectivity index (χ1n) is 9.06. The molecule has 0 fully saturated rings. The van der Waals surface area contributed by atoms with Crippen LogP contribution < -0.4 is 14.8 Å². The Bertz CT molecular complexity index is 835. The maximum atomic E-state index is 12.1. The van der Waals surface area contributed by atoms with E-state index in [0.717, 1.165) is 22.6 Å². The second-order valence-corrected chi connectivity index (χ2v) is 6.29. The first kappa shape index (κ1) is 19.7. The van der Waals surface area contributed by atoms with Crippen molar-refractivity contribution in [2.24, 2.45) is 0 Å². The molecule has 0 unspecified atom stereocenters. The molecule has 2 aromatic rings. The number of carbonyl (C=O) groups excluding carboxylic acids is 2. The van der Waals surface area contributed by atoms with E-state index in [0.29, 0.717) is 38.3 Å². The van der Waals surface area contributed by atoms with Gasteiger partial charge in [0.2, 0.25) is 0 Å². The number of fused-ring (bicyclic) bond motifs is 1. The third-order valence-electron chi connectivity index (χ3n) is 4.15. The second kappa shape index (κ2) is 9.75. The van der Waals surface area contributed by atoms with Crippen LogP contribution in [0.25, 0.3) is 0 Å². The fourth-order valence-electron chi connectivity index (χ4n) is 2.81. The molecule has 0 spiro atoms. The average molecular weight is 385 g/mol. The van der Waals surface area contributed by atoms with Crippen LogP contribution in [-0.4, -0.2) is 45.4 Å². The Morgan fingerprint density at radius 2 is 1.86 bits per heavy atom. The van der Waals surface area contributed by atoms with Crippen LogP contribution in [0.3, 0.4) is 0 Å². The summed E-state index contributed by atoms with van der Waals surface area (Å²) in [5.41, 5.74) is 2.27. The Hall–Kier alpha value is -3.06. The van der Waals surface area contributed by atoms with Crippen LogP contribution >= 0.6 is 0 Å². The summed E-state index contributed by atoms with van der Waals surface area (Å²) in [5.74, 6) is 0.569. The summed E-state index contributed by atoms with van der Waals surface area (Å²) in [4.78, 5) is 24.0. The molecule has 1 heterocycles. The second-order valence-electron chi connectivity index (χ2n) is 6.29. The van der Waals surface area contributed by atoms with Gasteiger partial charge in [-0.25, -0.2) is 4.79 Å². The molecule has 1 N–H and O–H groups in total. The molecule has 0 saturated carbocycles. The molecule has 1 aliphatic rings. The van der Waals surface area contributed by atoms with E-state index in [1.54, 1.807) is 25.3 Å². The summed E-state index contributed by atoms with van der Waals surface area (Å²) < 4.78 is 21.1. The number of hydrogen-bond acceptors (Lipinski definition) is 6. The number of rotatable bonds is 8. The zero-order chi connectivity index (χ0) is 19.8. The summed E-state index contributed by atoms with van der Waals surface area (Å²) in [6.45, 7) is 1.60. The van der Waals surface area contributed by atoms with Crippen molar-refractivity contribution in [3.63, 3.8) is 0 Å². The molecule has 1 aliphatic heterocycles. The number of methoxy groups -OCH3 is 1. The fourth-order valence-corrected chi connectivity index (χ4v) is 2.81. The van der Waals surface area contributed by atoms with Crippen LogP contribution in [0.2, 0.25) is 0 Å². The Morgan fingerprint density at radius 3 is 2.68 bits per heavy atom. The van der Waals surface area contributed by atoms with Gasteiger partial charge in [0.05, 0.1) is 12.2 Å². The highest BCUT2D eigenvalue weighted by Crippen LogP contribution is 2.30. The van der Waals surface area contributed by atoms with E-state index in [2.05, 4.69) is 5.32 Å². The molecule has 7 heteroatoms. The molecule has 0 radical (unpaired) electrons. The lowest BCUT2D eigenvalue weighted by Crippen LogP contribution is -2.30. The monoisotopic (exact) mass is 385 g/mol. The van der Waals surface area contributed by atoms with Gasteiger partial charge in [0, 0.05) is 13.7 Å². The normalized spacial score (nSPS) is 12.3. The Labute approximate surface area is 163 Å². The van der Waals surface area contributed by atoms with Crippen molar-refractivity contribution in [3.05, 3.63) is 59.2 Å². The number of nitrogens with one attached hydrogen (secondary N) is 1. The van der Waals surface area contributed by atoms with E-state index in [1.807, 2.05) is 24.3 Å². The predicted molar refractivity (Wildman–Crippen MR) is 102 cm³/mol. The topological polar surface area (TPSA) is 83.1 Å². The highest BCUT2D eigenvalue weighted by atomic mass is 16.6. The van der Waals surface area contributed by atoms with Crippen LogP contribution in [0.5, 0.6) is 11.5 Å². The highest BCUT2D eigenvalue weighted by molar-refractivity contribution is 5.91. The lowest BCUT2D eigenvalue weighted by atomic mass is 10.1. The Morgan fingerprint density at radius 1 is 1.04 bits per heavy atom. The van der Waals surface area contributed by atoms with Crippen molar-refractivity contribution >= 4 is 11.9 Å². The molecule has 148 valence electrons. The summed E-state index contributed by atoms with van der Waals surface area (Å²) in [5, 5.41) is 2.74. The molecule has 0 saturated heterocycles. The minimum absolute atomic E-state index is 0.325. The van der Waals surface area contributed by atoms with Gasteiger partial charge in [-0.15, -0.1) is 0 Å². The molecule has 28 heavy (non-hydrogen) atoms. The molecule has 1 amide bonds. The van der Waals surface area contributed by atoms with Gasteiger partial charge < -0.3 is 24.3 Å². The minimum atomic E-state index is -0.542. The molecular weight excluding hydrogens is 362 g/mol. The number of ether oxygens (including phenoxy) is 4. The third kappa shape index (κ3) is 5.47. The molecule has 2 aromatic carbocycles. The predicted octanol–water partition coefficient (Wildman–Crippen LogP) is 2.12. The van der Waals surface area contributed by atoms with Crippen molar-refractivity contribution in [2.45, 2.75) is 13.0 Å². The maximum absolute atomic E-state index is 12.1. The van der Waals surface area contributed by atoms with Crippen LogP contribution in [0.1, 0.15) is 21.5 Å². The average Bonchev–Trinajstić information content (AvgIpc) is 2.72. The molecular formula is C21H23NO6. The zero-order valence-electron chi connectivity index (χ0n) is 15.7. The number of hydrogen-bond donors (Lipinski definition) is 1. The molecule has 0 aliphatic carbocycles. The number of benzene rings is 2. The maximum Gasteiger partial charge on any atom is 0.338 e. The SMILES string of the molecule is COCc1cccc(C(=O)OCC(=O)NCCc2ccc3c(c2)OCCO3)c1. The Kier molecular flexibility index (Phi) is 6.86. The third-order valence-corrected chi connectivity index (χ3v) is 4.15. The molecule has 0 aromatic heterocycles. The molecule has 7 nitrogen and oxygen atoms in total. The van der Waals surface area contributed by atoms with E-state index in [4.69, 9.17) is 18.9 Å². The Balaban J connectivity index is 1.41. The summed E-state index contributed by atoms with van der Waals surface area (Å²) in [6, 6.07) is 12.6. The van der Waals surface area contributed by atoms with Crippen LogP contribution in [0.15, 0.2) is 42.5 Å². The molecule has 3 rings (SSSR count). The van der Waals surface area contributed by atoms with Crippen molar-refractivity contribution in [1.82, 2.24) is 5.32 Å². The van der Waals surface area contributed by atoms with Gasteiger partial charge in [-0.2, -0.15) is 0 Å². The van der Waals surface area contributed by atoms with Crippen molar-refractivity contribution < 1.29 is 28.5 Å². The summed E-state index contributed by atoms with van der Waals surface area (Å²) in [7, 11) is 1.58. The standard InChI is InChI=1S/C21H23NO6/c1-25-13-16-3-2-4-17(11-16)21(24)28-14-20(23)22-8-7-15-5-6-18-19(12-15)27-10-9-26-18/h2-6,11-12H,7-10,13-14H2,1H3,(H,22,23). The van der Waals surface area contributed by atoms with E-state index in [-0.39, 0.29) is 12.5 Å². The van der Waals surface area contributed by atoms with Gasteiger partial charge in [-0.3, -0.25) is 4.79 Å². The summed E-state index contributed by atoms with van der Waals surface area (Å²) >= 11 is 0. The van der Waals surface area contributed by atoms with Gasteiger partial charge >= 0.3 is 5.97 Å². The van der Waals surface area contributed by atoms with Gasteiger partial charge in [0.1, 0.15) is 13.2 Å². The van der Waals surface area contributed by atoms with Crippen molar-refractivity contribution in [2.75, 3.05) is 33.5 Å². The molecule has 0 bridgehead atoms. The molecule has 0 atom stereocenters. The lowest BCUT2D eigenvalue weighted by Gasteiger charge is -2.18. The first-order chi connectivity index (χ1) is 13.7. The van der Waals surface area contributed by atoms with Crippen LogP contribution in [0, 0.1) is 0 Å². The van der Waals surface area contributed by atoms with Crippen molar-refractivity contribution in [1.29, 1.82) is 0 Å². The number of esters is 1. The number of carbonyl (C=O) groups is 2. The van der Waals surface area contributed by atoms with E-state index < -0.39 is 5.97 Å². The minimum Gasteiger partial charge on any atom is -0.486 e. The fraction of sp³-hybridized carbons (Fsp3) is 0.333. The van der Waals surface area contributed by atoms with Gasteiger partial charge in [-0.1, -0.05) is 18.2 Å². The largest absolute Gasteiger partial charge is 0.486 e. The van der Waals surface area contributed by atoms with Gasteiger partial charge in [0.25, 0.3) is 5.91 Å². The van der Waals surface area contributed by atoms with E-state index >= 15 is 0 Å². The van der Waals surface area contributed by atoms with Gasteiger partial charge in [-0.05, 0) is 41.8 Å². The van der Waals surface area contributed by atoms with E-state index in [1.165, 1.54) is 0 Å². The zero-order valence-corrected chi connectivity index (χ0v) is 15.7. The quantitative estimate of drug-likeness (QED) is 0.701. The highest BCUT2D eigenvalue weighted by Gasteiger charge is 2.13. The van der Waals surface area contributed by atoms with Crippen LogP contribution in [-0.2, 0) is 27.3 Å². The summed E-state index contributed by atoms with van der Waals surface area (Å²) in [6.07, 6.45) is 0.634. The smallest absolute Gasteiger partial charge is 0.338 e. The van der Waals surface area contributed by atoms with Gasteiger partial charge in [0.15, 0.2) is 18.1 Å². The van der Waals surface area contributed by atoms with E-state index in [9.17, 15) is 9.59 Å². The number of amides is 1. The van der Waals surface area contributed by atoms with Crippen molar-refractivity contribution in [3.8, 4) is 11.5 Å².